The van der Waals surface area contributed by atoms with Crippen LogP contribution in [0.2, 0.25) is 0 Å². The van der Waals surface area contributed by atoms with E-state index in [4.69, 9.17) is 14.7 Å². The van der Waals surface area contributed by atoms with Gasteiger partial charge in [0.25, 0.3) is 10.0 Å². The van der Waals surface area contributed by atoms with E-state index in [1.807, 2.05) is 10.8 Å². The number of aromatic nitrogens is 2. The van der Waals surface area contributed by atoms with Gasteiger partial charge in [0.15, 0.2) is 0 Å². The number of rotatable bonds is 7. The molecule has 0 fully saturated rings. The summed E-state index contributed by atoms with van der Waals surface area (Å²) in [6, 6.07) is 8.27. The smallest absolute Gasteiger partial charge is 0.335 e. The highest BCUT2D eigenvalue weighted by Crippen LogP contribution is 2.26. The molecule has 0 saturated heterocycles. The van der Waals surface area contributed by atoms with Gasteiger partial charge in [-0.2, -0.15) is 15.2 Å². The molecule has 0 saturated carbocycles. The zero-order valence-electron chi connectivity index (χ0n) is 14.3. The normalized spacial score (nSPS) is 10.6. The van der Waals surface area contributed by atoms with Crippen LogP contribution < -0.4 is 19.5 Å². The number of thioether (sulfide) groups is 1. The van der Waals surface area contributed by atoms with E-state index in [2.05, 4.69) is 15.3 Å². The summed E-state index contributed by atoms with van der Waals surface area (Å²) in [6.07, 6.45) is 0. The average molecular weight is 409 g/mol. The molecule has 0 aliphatic rings. The van der Waals surface area contributed by atoms with Crippen molar-refractivity contribution < 1.29 is 22.7 Å². The number of sulfonamides is 1. The fraction of sp³-hybridized carbons (Fsp3) is 0.200. The van der Waals surface area contributed by atoms with Gasteiger partial charge in [0, 0.05) is 4.90 Å². The maximum absolute atomic E-state index is 12.5. The van der Waals surface area contributed by atoms with Gasteiger partial charge in [0.05, 0.1) is 32.1 Å². The minimum absolute atomic E-state index is 0.0656. The van der Waals surface area contributed by atoms with Crippen LogP contribution in [0.15, 0.2) is 40.1 Å². The lowest BCUT2D eigenvalue weighted by molar-refractivity contribution is 0.256. The Morgan fingerprint density at radius 3 is 2.44 bits per heavy atom. The molecule has 0 radical (unpaired) electrons. The molecule has 0 aliphatic heterocycles. The van der Waals surface area contributed by atoms with Crippen molar-refractivity contribution in [3.8, 4) is 17.8 Å². The lowest BCUT2D eigenvalue weighted by atomic mass is 10.4. The second-order valence-corrected chi connectivity index (χ2v) is 7.40. The van der Waals surface area contributed by atoms with Gasteiger partial charge in [-0.05, 0) is 12.1 Å². The van der Waals surface area contributed by atoms with E-state index in [-0.39, 0.29) is 28.4 Å². The van der Waals surface area contributed by atoms with E-state index in [1.54, 1.807) is 12.1 Å². The Kier molecular flexibility index (Phi) is 6.80. The largest absolute Gasteiger partial charge is 0.481 e. The number of nitriles is 1. The zero-order valence-corrected chi connectivity index (χ0v) is 15.9. The van der Waals surface area contributed by atoms with E-state index in [0.29, 0.717) is 4.90 Å². The van der Waals surface area contributed by atoms with Crippen molar-refractivity contribution in [1.29, 1.82) is 5.26 Å². The molecule has 0 bridgehead atoms. The predicted octanol–water partition coefficient (Wildman–Crippen LogP) is 1.62. The van der Waals surface area contributed by atoms with Crippen LogP contribution in [-0.2, 0) is 10.0 Å². The summed E-state index contributed by atoms with van der Waals surface area (Å²) >= 11 is 1.05. The number of nitrogens with one attached hydrogen (secondary N) is 2. The van der Waals surface area contributed by atoms with Crippen LogP contribution in [0.4, 0.5) is 10.7 Å². The number of amides is 2. The van der Waals surface area contributed by atoms with Gasteiger partial charge in [-0.25, -0.2) is 17.9 Å². The van der Waals surface area contributed by atoms with Crippen LogP contribution in [0.5, 0.6) is 11.8 Å². The van der Waals surface area contributed by atoms with Crippen LogP contribution >= 0.6 is 11.8 Å². The fourth-order valence-corrected chi connectivity index (χ4v) is 3.98. The van der Waals surface area contributed by atoms with Gasteiger partial charge in [-0.15, -0.1) is 11.8 Å². The number of benzene rings is 1. The number of nitrogens with zero attached hydrogens (tertiary/aromatic N) is 3. The van der Waals surface area contributed by atoms with Crippen LogP contribution in [0.1, 0.15) is 0 Å². The fourth-order valence-electron chi connectivity index (χ4n) is 1.87. The Morgan fingerprint density at radius 1 is 1.22 bits per heavy atom. The highest BCUT2D eigenvalue weighted by molar-refractivity contribution is 8.00. The molecule has 27 heavy (non-hydrogen) atoms. The lowest BCUT2D eigenvalue weighted by Gasteiger charge is -2.11. The third-order valence-electron chi connectivity index (χ3n) is 2.98. The average Bonchev–Trinajstić information content (AvgIpc) is 2.65. The molecular weight excluding hydrogens is 394 g/mol. The van der Waals surface area contributed by atoms with Crippen molar-refractivity contribution in [2.45, 2.75) is 9.79 Å². The Bertz CT molecular complexity index is 953. The number of ether oxygens (including phenoxy) is 2. The van der Waals surface area contributed by atoms with E-state index in [9.17, 15) is 13.2 Å². The lowest BCUT2D eigenvalue weighted by Crippen LogP contribution is -2.35. The van der Waals surface area contributed by atoms with Crippen molar-refractivity contribution >= 4 is 33.8 Å². The van der Waals surface area contributed by atoms with Gasteiger partial charge >= 0.3 is 6.03 Å². The first-order valence-corrected chi connectivity index (χ1v) is 9.76. The van der Waals surface area contributed by atoms with E-state index in [1.165, 1.54) is 32.4 Å². The topological polar surface area (TPSA) is 143 Å². The summed E-state index contributed by atoms with van der Waals surface area (Å²) in [5, 5.41) is 10.9. The second-order valence-electron chi connectivity index (χ2n) is 4.73. The first kappa shape index (κ1) is 20.3. The molecule has 2 rings (SSSR count). The summed E-state index contributed by atoms with van der Waals surface area (Å²) in [5.41, 5.74) is 0. The minimum Gasteiger partial charge on any atom is -0.481 e. The highest BCUT2D eigenvalue weighted by Gasteiger charge is 2.22. The molecule has 12 heteroatoms. The van der Waals surface area contributed by atoms with Gasteiger partial charge < -0.3 is 9.47 Å². The molecule has 142 valence electrons. The molecule has 2 amide bonds. The van der Waals surface area contributed by atoms with E-state index in [0.717, 1.165) is 11.8 Å². The van der Waals surface area contributed by atoms with Crippen molar-refractivity contribution in [2.75, 3.05) is 25.3 Å². The van der Waals surface area contributed by atoms with Gasteiger partial charge in [0.1, 0.15) is 4.90 Å². The SMILES string of the molecule is COc1cc(OC)nc(NC(=O)NS(=O)(=O)c2ccccc2SCC#N)n1. The Labute approximate surface area is 160 Å². The van der Waals surface area contributed by atoms with Crippen LogP contribution in [-0.4, -0.2) is 44.4 Å². The van der Waals surface area contributed by atoms with Crippen LogP contribution in [0.3, 0.4) is 0 Å². The molecule has 0 spiro atoms. The first-order chi connectivity index (χ1) is 12.9. The summed E-state index contributed by atoms with van der Waals surface area (Å²) in [7, 11) is -1.45. The molecule has 1 aromatic carbocycles. The van der Waals surface area contributed by atoms with Crippen LogP contribution in [0, 0.1) is 11.3 Å². The molecule has 0 aliphatic carbocycles. The predicted molar refractivity (Wildman–Crippen MR) is 97.3 cm³/mol. The van der Waals surface area contributed by atoms with Gasteiger partial charge in [-0.1, -0.05) is 12.1 Å². The number of carbonyl (C=O) groups is 1. The number of anilines is 1. The van der Waals surface area contributed by atoms with Crippen molar-refractivity contribution in [3.05, 3.63) is 30.3 Å². The Hall–Kier alpha value is -3.04. The molecule has 2 N–H and O–H groups in total. The van der Waals surface area contributed by atoms with Crippen molar-refractivity contribution in [1.82, 2.24) is 14.7 Å². The van der Waals surface area contributed by atoms with Crippen LogP contribution in [0.25, 0.3) is 0 Å². The monoisotopic (exact) mass is 409 g/mol. The van der Waals surface area contributed by atoms with E-state index >= 15 is 0 Å². The van der Waals surface area contributed by atoms with E-state index < -0.39 is 16.1 Å². The minimum atomic E-state index is -4.18. The summed E-state index contributed by atoms with van der Waals surface area (Å²) in [5.74, 6) is 0.110. The van der Waals surface area contributed by atoms with Crippen molar-refractivity contribution in [3.63, 3.8) is 0 Å². The number of carbonyl (C=O) groups excluding carboxylic acids is 1. The van der Waals surface area contributed by atoms with Crippen molar-refractivity contribution in [2.24, 2.45) is 0 Å². The molecule has 2 aromatic rings. The molecule has 0 unspecified atom stereocenters. The molecule has 1 aromatic heterocycles. The standard InChI is InChI=1S/C15H15N5O5S2/c1-24-12-9-13(25-2)18-14(17-12)19-15(21)20-27(22,23)11-6-4-3-5-10(11)26-8-7-16/h3-6,9H,8H2,1-2H3,(H2,17,18,19,20,21). The third kappa shape index (κ3) is 5.47. The number of methoxy groups -OCH3 is 2. The molecular formula is C15H15N5O5S2. The highest BCUT2D eigenvalue weighted by atomic mass is 32.2. The van der Waals surface area contributed by atoms with Gasteiger partial charge in [0.2, 0.25) is 17.7 Å². The quantitative estimate of drug-likeness (QED) is 0.652. The Morgan fingerprint density at radius 2 is 1.85 bits per heavy atom. The molecule has 0 atom stereocenters. The maximum atomic E-state index is 12.5. The second kappa shape index (κ2) is 9.06. The zero-order chi connectivity index (χ0) is 19.9. The number of hydrogen-bond donors (Lipinski definition) is 2. The number of urea groups is 1. The van der Waals surface area contributed by atoms with Gasteiger partial charge in [-0.3, -0.25) is 5.32 Å². The maximum Gasteiger partial charge on any atom is 0.335 e. The number of hydrogen-bond acceptors (Lipinski definition) is 9. The first-order valence-electron chi connectivity index (χ1n) is 7.29. The Balaban J connectivity index is 2.19. The summed E-state index contributed by atoms with van der Waals surface area (Å²) < 4.78 is 36.8. The third-order valence-corrected chi connectivity index (χ3v) is 5.44. The molecule has 1 heterocycles. The molecule has 10 nitrogen and oxygen atoms in total. The summed E-state index contributed by atoms with van der Waals surface area (Å²) in [6.45, 7) is 0. The summed E-state index contributed by atoms with van der Waals surface area (Å²) in [4.78, 5) is 20.1.